The number of carbonyl (C=O) groups excluding carboxylic acids is 1. The van der Waals surface area contributed by atoms with E-state index in [1.807, 2.05) is 41.8 Å². The van der Waals surface area contributed by atoms with E-state index in [9.17, 15) is 4.79 Å². The van der Waals surface area contributed by atoms with Crippen LogP contribution in [0, 0.1) is 16.4 Å². The van der Waals surface area contributed by atoms with Gasteiger partial charge in [-0.2, -0.15) is 0 Å². The molecule has 0 radical (unpaired) electrons. The number of aryl methyl sites for hydroxylation is 1. The van der Waals surface area contributed by atoms with Crippen molar-refractivity contribution in [3.63, 3.8) is 0 Å². The zero-order valence-corrected chi connectivity index (χ0v) is 18.4. The Morgan fingerprint density at radius 3 is 2.81 bits per heavy atom. The van der Waals surface area contributed by atoms with Crippen LogP contribution in [0.1, 0.15) is 19.4 Å². The van der Waals surface area contributed by atoms with E-state index in [0.29, 0.717) is 22.7 Å². The van der Waals surface area contributed by atoms with Crippen LogP contribution in [0.25, 0.3) is 11.6 Å². The summed E-state index contributed by atoms with van der Waals surface area (Å²) >= 11 is 3.63. The Bertz CT molecular complexity index is 922. The van der Waals surface area contributed by atoms with Gasteiger partial charge in [-0.05, 0) is 71.3 Å². The van der Waals surface area contributed by atoms with Crippen LogP contribution in [-0.2, 0) is 11.3 Å². The van der Waals surface area contributed by atoms with Crippen LogP contribution < -0.4 is 5.32 Å². The van der Waals surface area contributed by atoms with E-state index in [0.717, 1.165) is 21.4 Å². The fourth-order valence-corrected chi connectivity index (χ4v) is 3.99. The standard InChI is InChI=1S/C19H21IN4O2S/c1-12(2)10-24-18(16-5-4-8-26-16)22-23-19(24)27-11-17(25)21-15-7-6-14(20)9-13(15)3/h4-9,12H,10-11H2,1-3H3,(H,21,25). The lowest BCUT2D eigenvalue weighted by molar-refractivity contribution is -0.113. The average molecular weight is 496 g/mol. The number of amides is 1. The molecule has 142 valence electrons. The van der Waals surface area contributed by atoms with Crippen molar-refractivity contribution in [1.82, 2.24) is 14.8 Å². The average Bonchev–Trinajstić information content (AvgIpc) is 3.25. The summed E-state index contributed by atoms with van der Waals surface area (Å²) in [7, 11) is 0. The predicted molar refractivity (Wildman–Crippen MR) is 116 cm³/mol. The number of benzene rings is 1. The van der Waals surface area contributed by atoms with Gasteiger partial charge in [0.15, 0.2) is 16.7 Å². The Kier molecular flexibility index (Phi) is 6.59. The molecular formula is C19H21IN4O2S. The highest BCUT2D eigenvalue weighted by molar-refractivity contribution is 14.1. The van der Waals surface area contributed by atoms with Crippen molar-refractivity contribution in [1.29, 1.82) is 0 Å². The molecule has 0 fully saturated rings. The van der Waals surface area contributed by atoms with Gasteiger partial charge in [0.25, 0.3) is 0 Å². The van der Waals surface area contributed by atoms with Gasteiger partial charge in [-0.15, -0.1) is 10.2 Å². The summed E-state index contributed by atoms with van der Waals surface area (Å²) in [5.74, 6) is 1.97. The maximum atomic E-state index is 12.4. The first-order chi connectivity index (χ1) is 12.9. The van der Waals surface area contributed by atoms with Gasteiger partial charge in [0, 0.05) is 15.8 Å². The number of carbonyl (C=O) groups is 1. The Morgan fingerprint density at radius 1 is 1.33 bits per heavy atom. The molecule has 1 amide bonds. The summed E-state index contributed by atoms with van der Waals surface area (Å²) in [4.78, 5) is 12.4. The Hall–Kier alpha value is -1.81. The first kappa shape index (κ1) is 19.9. The van der Waals surface area contributed by atoms with Crippen LogP contribution >= 0.6 is 34.4 Å². The first-order valence-corrected chi connectivity index (χ1v) is 10.7. The molecule has 1 N–H and O–H groups in total. The monoisotopic (exact) mass is 496 g/mol. The summed E-state index contributed by atoms with van der Waals surface area (Å²) < 4.78 is 8.62. The molecule has 0 spiro atoms. The molecule has 0 aliphatic rings. The quantitative estimate of drug-likeness (QED) is 0.375. The highest BCUT2D eigenvalue weighted by Gasteiger charge is 2.18. The number of rotatable bonds is 7. The summed E-state index contributed by atoms with van der Waals surface area (Å²) in [5.41, 5.74) is 1.88. The Morgan fingerprint density at radius 2 is 2.15 bits per heavy atom. The zero-order chi connectivity index (χ0) is 19.4. The minimum absolute atomic E-state index is 0.0667. The number of hydrogen-bond acceptors (Lipinski definition) is 5. The predicted octanol–water partition coefficient (Wildman–Crippen LogP) is 4.84. The third kappa shape index (κ3) is 5.13. The second-order valence-electron chi connectivity index (χ2n) is 6.58. The number of hydrogen-bond donors (Lipinski definition) is 1. The van der Waals surface area contributed by atoms with Crippen LogP contribution in [0.2, 0.25) is 0 Å². The van der Waals surface area contributed by atoms with Gasteiger partial charge in [0.1, 0.15) is 0 Å². The van der Waals surface area contributed by atoms with Gasteiger partial charge in [-0.25, -0.2) is 0 Å². The number of aromatic nitrogens is 3. The SMILES string of the molecule is Cc1cc(I)ccc1NC(=O)CSc1nnc(-c2ccco2)n1CC(C)C. The molecule has 1 aromatic carbocycles. The van der Waals surface area contributed by atoms with E-state index in [2.05, 4.69) is 52.0 Å². The van der Waals surface area contributed by atoms with Crippen molar-refractivity contribution in [3.05, 3.63) is 45.7 Å². The minimum Gasteiger partial charge on any atom is -0.461 e. The molecule has 0 aliphatic carbocycles. The summed E-state index contributed by atoms with van der Waals surface area (Å²) in [6.07, 6.45) is 1.62. The van der Waals surface area contributed by atoms with Crippen molar-refractivity contribution in [2.45, 2.75) is 32.5 Å². The van der Waals surface area contributed by atoms with Gasteiger partial charge in [-0.1, -0.05) is 25.6 Å². The smallest absolute Gasteiger partial charge is 0.234 e. The zero-order valence-electron chi connectivity index (χ0n) is 15.4. The van der Waals surface area contributed by atoms with Crippen molar-refractivity contribution in [3.8, 4) is 11.6 Å². The van der Waals surface area contributed by atoms with Crippen LogP contribution in [0.3, 0.4) is 0 Å². The molecule has 27 heavy (non-hydrogen) atoms. The maximum absolute atomic E-state index is 12.4. The van der Waals surface area contributed by atoms with Gasteiger partial charge >= 0.3 is 0 Å². The van der Waals surface area contributed by atoms with Gasteiger partial charge in [-0.3, -0.25) is 9.36 Å². The highest BCUT2D eigenvalue weighted by atomic mass is 127. The van der Waals surface area contributed by atoms with E-state index < -0.39 is 0 Å². The largest absolute Gasteiger partial charge is 0.461 e. The van der Waals surface area contributed by atoms with Crippen LogP contribution in [-0.4, -0.2) is 26.4 Å². The molecule has 0 bridgehead atoms. The third-order valence-corrected chi connectivity index (χ3v) is 5.44. The molecule has 0 saturated heterocycles. The lowest BCUT2D eigenvalue weighted by Crippen LogP contribution is -2.16. The summed E-state index contributed by atoms with van der Waals surface area (Å²) in [6, 6.07) is 9.63. The second kappa shape index (κ2) is 8.92. The van der Waals surface area contributed by atoms with Crippen molar-refractivity contribution in [2.24, 2.45) is 5.92 Å². The van der Waals surface area contributed by atoms with Crippen molar-refractivity contribution >= 4 is 45.9 Å². The van der Waals surface area contributed by atoms with E-state index in [4.69, 9.17) is 4.42 Å². The van der Waals surface area contributed by atoms with E-state index in [-0.39, 0.29) is 11.7 Å². The van der Waals surface area contributed by atoms with Crippen LogP contribution in [0.4, 0.5) is 5.69 Å². The van der Waals surface area contributed by atoms with Crippen molar-refractivity contribution < 1.29 is 9.21 Å². The minimum atomic E-state index is -0.0667. The van der Waals surface area contributed by atoms with Gasteiger partial charge in [0.05, 0.1) is 12.0 Å². The number of halogens is 1. The molecule has 6 nitrogen and oxygen atoms in total. The molecule has 0 saturated carbocycles. The highest BCUT2D eigenvalue weighted by Crippen LogP contribution is 2.26. The number of anilines is 1. The number of nitrogens with zero attached hydrogens (tertiary/aromatic N) is 3. The van der Waals surface area contributed by atoms with E-state index in [1.54, 1.807) is 6.26 Å². The molecule has 8 heteroatoms. The molecule has 3 rings (SSSR count). The molecule has 2 heterocycles. The Balaban J connectivity index is 1.70. The molecular weight excluding hydrogens is 475 g/mol. The fraction of sp³-hybridized carbons (Fsp3) is 0.316. The number of nitrogens with one attached hydrogen (secondary N) is 1. The van der Waals surface area contributed by atoms with Crippen LogP contribution in [0.5, 0.6) is 0 Å². The summed E-state index contributed by atoms with van der Waals surface area (Å²) in [6.45, 7) is 7.00. The first-order valence-electron chi connectivity index (χ1n) is 8.60. The second-order valence-corrected chi connectivity index (χ2v) is 8.77. The maximum Gasteiger partial charge on any atom is 0.234 e. The van der Waals surface area contributed by atoms with E-state index >= 15 is 0 Å². The lowest BCUT2D eigenvalue weighted by atomic mass is 10.2. The fourth-order valence-electron chi connectivity index (χ4n) is 2.60. The molecule has 3 aromatic rings. The Labute approximate surface area is 176 Å². The topological polar surface area (TPSA) is 73.0 Å². The van der Waals surface area contributed by atoms with E-state index in [1.165, 1.54) is 11.8 Å². The normalized spacial score (nSPS) is 11.1. The summed E-state index contributed by atoms with van der Waals surface area (Å²) in [5, 5.41) is 12.2. The molecule has 0 aliphatic heterocycles. The lowest BCUT2D eigenvalue weighted by Gasteiger charge is -2.12. The van der Waals surface area contributed by atoms with Gasteiger partial charge < -0.3 is 9.73 Å². The molecule has 0 atom stereocenters. The van der Waals surface area contributed by atoms with Crippen LogP contribution in [0.15, 0.2) is 46.2 Å². The molecule has 0 unspecified atom stereocenters. The molecule has 2 aromatic heterocycles. The number of thioether (sulfide) groups is 1. The van der Waals surface area contributed by atoms with Crippen molar-refractivity contribution in [2.75, 3.05) is 11.1 Å². The van der Waals surface area contributed by atoms with Gasteiger partial charge in [0.2, 0.25) is 5.91 Å². The third-order valence-electron chi connectivity index (χ3n) is 3.80. The number of furan rings is 1.